The fraction of sp³-hybridized carbons (Fsp3) is 0.333. The summed E-state index contributed by atoms with van der Waals surface area (Å²) in [5, 5.41) is 9.54. The first kappa shape index (κ1) is 16.6. The monoisotopic (exact) mass is 377 g/mol. The van der Waals surface area contributed by atoms with Crippen molar-refractivity contribution in [3.8, 4) is 11.4 Å². The van der Waals surface area contributed by atoms with E-state index >= 15 is 0 Å². The van der Waals surface area contributed by atoms with Crippen LogP contribution in [-0.4, -0.2) is 24.6 Å². The lowest BCUT2D eigenvalue weighted by molar-refractivity contribution is 0.866. The molecule has 0 saturated heterocycles. The zero-order valence-electron chi connectivity index (χ0n) is 15.6. The van der Waals surface area contributed by atoms with E-state index in [1.165, 1.54) is 18.4 Å². The van der Waals surface area contributed by atoms with Crippen LogP contribution in [0.5, 0.6) is 0 Å². The Balaban J connectivity index is 1.84. The van der Waals surface area contributed by atoms with Gasteiger partial charge in [-0.15, -0.1) is 10.2 Å². The van der Waals surface area contributed by atoms with Crippen LogP contribution in [0.1, 0.15) is 55.5 Å². The molecule has 5 rings (SSSR count). The van der Waals surface area contributed by atoms with Crippen LogP contribution in [0.25, 0.3) is 28.2 Å². The first-order chi connectivity index (χ1) is 13.0. The predicted molar refractivity (Wildman–Crippen MR) is 107 cm³/mol. The van der Waals surface area contributed by atoms with Gasteiger partial charge in [0.15, 0.2) is 17.1 Å². The molecular formula is C21H20ClN5. The summed E-state index contributed by atoms with van der Waals surface area (Å²) < 4.78 is 2.01. The number of pyridine rings is 1. The smallest absolute Gasteiger partial charge is 0.184 e. The van der Waals surface area contributed by atoms with Crippen LogP contribution in [0.3, 0.4) is 0 Å². The van der Waals surface area contributed by atoms with E-state index in [0.29, 0.717) is 22.7 Å². The Morgan fingerprint density at radius 1 is 1.04 bits per heavy atom. The van der Waals surface area contributed by atoms with Crippen molar-refractivity contribution in [2.45, 2.75) is 45.4 Å². The topological polar surface area (TPSA) is 56.0 Å². The lowest BCUT2D eigenvalue weighted by Gasteiger charge is -2.11. The Labute approximate surface area is 162 Å². The highest BCUT2D eigenvalue weighted by molar-refractivity contribution is 6.33. The standard InChI is InChI=1S/C21H20ClN5/c1-11(2)14-6-7-16(22)15(10-14)20-26-25-19-12(3)23-18-9-8-17(13-4-5-13)24-21(18)27(19)20/h6-11,13H,4-5H2,1-3H3. The van der Waals surface area contributed by atoms with Gasteiger partial charge in [-0.05, 0) is 55.5 Å². The second-order valence-electron chi connectivity index (χ2n) is 7.63. The van der Waals surface area contributed by atoms with E-state index in [1.807, 2.05) is 17.4 Å². The number of hydrogen-bond acceptors (Lipinski definition) is 4. The van der Waals surface area contributed by atoms with E-state index < -0.39 is 0 Å². The van der Waals surface area contributed by atoms with Crippen molar-refractivity contribution in [2.24, 2.45) is 0 Å². The summed E-state index contributed by atoms with van der Waals surface area (Å²) >= 11 is 6.56. The van der Waals surface area contributed by atoms with Crippen LogP contribution in [0, 0.1) is 6.92 Å². The van der Waals surface area contributed by atoms with Gasteiger partial charge >= 0.3 is 0 Å². The van der Waals surface area contributed by atoms with Gasteiger partial charge in [0.2, 0.25) is 0 Å². The maximum absolute atomic E-state index is 6.56. The molecule has 3 heterocycles. The summed E-state index contributed by atoms with van der Waals surface area (Å²) in [4.78, 5) is 9.61. The highest BCUT2D eigenvalue weighted by Crippen LogP contribution is 2.39. The zero-order chi connectivity index (χ0) is 18.7. The average molecular weight is 378 g/mol. The van der Waals surface area contributed by atoms with E-state index in [0.717, 1.165) is 33.8 Å². The molecule has 4 aromatic rings. The third-order valence-electron chi connectivity index (χ3n) is 5.26. The minimum Gasteiger partial charge on any atom is -0.255 e. The molecule has 0 amide bonds. The summed E-state index contributed by atoms with van der Waals surface area (Å²) in [5.41, 5.74) is 6.42. The number of fused-ring (bicyclic) bond motifs is 3. The van der Waals surface area contributed by atoms with Crippen LogP contribution < -0.4 is 0 Å². The number of benzene rings is 1. The molecule has 1 saturated carbocycles. The van der Waals surface area contributed by atoms with Crippen LogP contribution in [0.4, 0.5) is 0 Å². The van der Waals surface area contributed by atoms with Gasteiger partial charge in [-0.2, -0.15) is 0 Å². The van der Waals surface area contributed by atoms with Crippen molar-refractivity contribution in [2.75, 3.05) is 0 Å². The molecule has 1 aliphatic carbocycles. The number of hydrogen-bond donors (Lipinski definition) is 0. The fourth-order valence-electron chi connectivity index (χ4n) is 3.51. The highest BCUT2D eigenvalue weighted by Gasteiger charge is 2.26. The van der Waals surface area contributed by atoms with Crippen molar-refractivity contribution < 1.29 is 0 Å². The quantitative estimate of drug-likeness (QED) is 0.486. The van der Waals surface area contributed by atoms with Crippen molar-refractivity contribution in [3.63, 3.8) is 0 Å². The highest BCUT2D eigenvalue weighted by atomic mass is 35.5. The normalized spacial score (nSPS) is 14.6. The Hall–Kier alpha value is -2.53. The molecule has 0 spiro atoms. The SMILES string of the molecule is Cc1nc2ccc(C3CC3)nc2n2c(-c3cc(C(C)C)ccc3Cl)nnc12. The minimum absolute atomic E-state index is 0.403. The molecule has 1 aliphatic rings. The molecule has 0 atom stereocenters. The molecule has 0 bridgehead atoms. The van der Waals surface area contributed by atoms with Crippen LogP contribution in [-0.2, 0) is 0 Å². The first-order valence-electron chi connectivity index (χ1n) is 9.35. The summed E-state index contributed by atoms with van der Waals surface area (Å²) in [7, 11) is 0. The molecule has 136 valence electrons. The third kappa shape index (κ3) is 2.69. The molecule has 6 heteroatoms. The minimum atomic E-state index is 0.403. The van der Waals surface area contributed by atoms with E-state index in [2.05, 4.69) is 53.3 Å². The molecule has 0 aliphatic heterocycles. The maximum atomic E-state index is 6.56. The summed E-state index contributed by atoms with van der Waals surface area (Å²) in [6.45, 7) is 6.29. The number of rotatable bonds is 3. The second-order valence-corrected chi connectivity index (χ2v) is 8.03. The lowest BCUT2D eigenvalue weighted by atomic mass is 10.0. The van der Waals surface area contributed by atoms with Crippen molar-refractivity contribution >= 4 is 28.4 Å². The van der Waals surface area contributed by atoms with Gasteiger partial charge in [0.1, 0.15) is 5.52 Å². The second kappa shape index (κ2) is 5.99. The molecule has 27 heavy (non-hydrogen) atoms. The summed E-state index contributed by atoms with van der Waals surface area (Å²) in [6, 6.07) is 10.3. The van der Waals surface area contributed by atoms with Crippen molar-refractivity contribution in [1.29, 1.82) is 0 Å². The van der Waals surface area contributed by atoms with Gasteiger partial charge in [0.05, 0.1) is 10.7 Å². The maximum Gasteiger partial charge on any atom is 0.184 e. The van der Waals surface area contributed by atoms with Crippen LogP contribution in [0.15, 0.2) is 30.3 Å². The van der Waals surface area contributed by atoms with Gasteiger partial charge < -0.3 is 0 Å². The Morgan fingerprint density at radius 3 is 2.59 bits per heavy atom. The van der Waals surface area contributed by atoms with E-state index in [4.69, 9.17) is 16.6 Å². The molecule has 1 aromatic carbocycles. The largest absolute Gasteiger partial charge is 0.255 e. The number of nitrogens with zero attached hydrogens (tertiary/aromatic N) is 5. The summed E-state index contributed by atoms with van der Waals surface area (Å²) in [5.74, 6) is 1.69. The van der Waals surface area contributed by atoms with Gasteiger partial charge in [-0.25, -0.2) is 9.97 Å². The van der Waals surface area contributed by atoms with Gasteiger partial charge in [-0.1, -0.05) is 31.5 Å². The Morgan fingerprint density at radius 2 is 1.85 bits per heavy atom. The number of halogens is 1. The molecule has 1 fully saturated rings. The van der Waals surface area contributed by atoms with Crippen molar-refractivity contribution in [1.82, 2.24) is 24.6 Å². The molecular weight excluding hydrogens is 358 g/mol. The predicted octanol–water partition coefficient (Wildman–Crippen LogP) is 5.30. The molecule has 3 aromatic heterocycles. The molecule has 0 radical (unpaired) electrons. The fourth-order valence-corrected chi connectivity index (χ4v) is 3.71. The zero-order valence-corrected chi connectivity index (χ0v) is 16.3. The Kier molecular flexibility index (Phi) is 3.69. The van der Waals surface area contributed by atoms with Gasteiger partial charge in [-0.3, -0.25) is 4.40 Å². The van der Waals surface area contributed by atoms with Crippen LogP contribution in [0.2, 0.25) is 5.02 Å². The third-order valence-corrected chi connectivity index (χ3v) is 5.59. The van der Waals surface area contributed by atoms with Crippen LogP contribution >= 0.6 is 11.6 Å². The Bertz CT molecular complexity index is 1190. The van der Waals surface area contributed by atoms with Gasteiger partial charge in [0.25, 0.3) is 0 Å². The molecule has 0 N–H and O–H groups in total. The van der Waals surface area contributed by atoms with Crippen molar-refractivity contribution in [3.05, 3.63) is 52.3 Å². The number of aromatic nitrogens is 5. The lowest BCUT2D eigenvalue weighted by Crippen LogP contribution is -2.02. The average Bonchev–Trinajstić information content (AvgIpc) is 3.40. The van der Waals surface area contributed by atoms with E-state index in [1.54, 1.807) is 0 Å². The van der Waals surface area contributed by atoms with E-state index in [-0.39, 0.29) is 0 Å². The first-order valence-corrected chi connectivity index (χ1v) is 9.73. The molecule has 5 nitrogen and oxygen atoms in total. The van der Waals surface area contributed by atoms with E-state index in [9.17, 15) is 0 Å². The molecule has 0 unspecified atom stereocenters. The number of aryl methyl sites for hydroxylation is 1. The van der Waals surface area contributed by atoms with Gasteiger partial charge in [0, 0.05) is 17.2 Å². The summed E-state index contributed by atoms with van der Waals surface area (Å²) in [6.07, 6.45) is 2.41.